The van der Waals surface area contributed by atoms with Crippen LogP contribution in [0.4, 0.5) is 0 Å². The lowest BCUT2D eigenvalue weighted by molar-refractivity contribution is -0.919. The van der Waals surface area contributed by atoms with E-state index < -0.39 is 0 Å². The summed E-state index contributed by atoms with van der Waals surface area (Å²) < 4.78 is 0.621. The molecule has 0 aliphatic rings. The monoisotopic (exact) mass is 187 g/mol. The number of rotatable bonds is 4. The van der Waals surface area contributed by atoms with E-state index in [1.54, 1.807) is 6.92 Å². The second-order valence-electron chi connectivity index (χ2n) is 4.04. The minimum absolute atomic E-state index is 0.0942. The van der Waals surface area contributed by atoms with Crippen LogP contribution in [0.25, 0.3) is 0 Å². The molecule has 1 N–H and O–H groups in total. The van der Waals surface area contributed by atoms with Crippen LogP contribution in [-0.2, 0) is 9.63 Å². The fourth-order valence-electron chi connectivity index (χ4n) is 0.384. The number of amides is 1. The minimum Gasteiger partial charge on any atom is -0.304 e. The third-order valence-corrected chi connectivity index (χ3v) is 1.80. The Morgan fingerprint density at radius 1 is 1.46 bits per heavy atom. The van der Waals surface area contributed by atoms with Crippen LogP contribution in [-0.4, -0.2) is 37.8 Å². The van der Waals surface area contributed by atoms with Crippen LogP contribution in [0, 0.1) is 0 Å². The van der Waals surface area contributed by atoms with E-state index in [-0.39, 0.29) is 12.1 Å². The Kier molecular flexibility index (Phi) is 4.10. The first-order valence-electron chi connectivity index (χ1n) is 4.17. The van der Waals surface area contributed by atoms with Crippen LogP contribution in [0.1, 0.15) is 13.8 Å². The van der Waals surface area contributed by atoms with Crippen molar-refractivity contribution >= 4 is 5.91 Å². The summed E-state index contributed by atoms with van der Waals surface area (Å²) >= 11 is 0. The first-order valence-corrected chi connectivity index (χ1v) is 4.17. The summed E-state index contributed by atoms with van der Waals surface area (Å²) in [6.07, 6.45) is -0.0942. The highest BCUT2D eigenvalue weighted by molar-refractivity contribution is 5.91. The lowest BCUT2D eigenvalue weighted by Crippen LogP contribution is -2.48. The van der Waals surface area contributed by atoms with E-state index in [0.717, 1.165) is 0 Å². The van der Waals surface area contributed by atoms with Crippen molar-refractivity contribution in [2.45, 2.75) is 20.1 Å². The average Bonchev–Trinajstić information content (AvgIpc) is 1.97. The maximum absolute atomic E-state index is 11.0. The molecule has 0 saturated carbocycles. The third-order valence-electron chi connectivity index (χ3n) is 1.80. The van der Waals surface area contributed by atoms with Gasteiger partial charge < -0.3 is 4.48 Å². The quantitative estimate of drug-likeness (QED) is 0.304. The van der Waals surface area contributed by atoms with Crippen LogP contribution in [0.3, 0.4) is 0 Å². The van der Waals surface area contributed by atoms with Crippen molar-refractivity contribution in [3.63, 3.8) is 0 Å². The SMILES string of the molecule is C=C(C)C(=O)NOC(C)[N+](C)(C)C. The molecule has 4 heteroatoms. The molecule has 0 aliphatic carbocycles. The van der Waals surface area contributed by atoms with Gasteiger partial charge in [-0.05, 0) is 6.92 Å². The fourth-order valence-corrected chi connectivity index (χ4v) is 0.384. The zero-order valence-corrected chi connectivity index (χ0v) is 9.05. The first kappa shape index (κ1) is 12.1. The van der Waals surface area contributed by atoms with Gasteiger partial charge >= 0.3 is 0 Å². The van der Waals surface area contributed by atoms with Gasteiger partial charge in [-0.25, -0.2) is 10.3 Å². The number of carbonyl (C=O) groups excluding carboxylic acids is 1. The summed E-state index contributed by atoms with van der Waals surface area (Å²) in [6, 6.07) is 0. The second kappa shape index (κ2) is 4.39. The molecule has 0 radical (unpaired) electrons. The molecule has 0 fully saturated rings. The summed E-state index contributed by atoms with van der Waals surface area (Å²) in [7, 11) is 5.95. The topological polar surface area (TPSA) is 38.3 Å². The zero-order valence-electron chi connectivity index (χ0n) is 9.05. The van der Waals surface area contributed by atoms with Gasteiger partial charge in [0.2, 0.25) is 6.23 Å². The van der Waals surface area contributed by atoms with Gasteiger partial charge in [-0.1, -0.05) is 6.58 Å². The molecule has 0 rings (SSSR count). The Bertz CT molecular complexity index is 206. The van der Waals surface area contributed by atoms with Gasteiger partial charge in [-0.3, -0.25) is 4.79 Å². The first-order chi connectivity index (χ1) is 5.75. The van der Waals surface area contributed by atoms with Crippen molar-refractivity contribution < 1.29 is 14.1 Å². The maximum atomic E-state index is 11.0. The highest BCUT2D eigenvalue weighted by atomic mass is 16.7. The minimum atomic E-state index is -0.278. The van der Waals surface area contributed by atoms with Crippen molar-refractivity contribution in [2.75, 3.05) is 21.1 Å². The molecule has 1 unspecified atom stereocenters. The Hall–Kier alpha value is -0.870. The highest BCUT2D eigenvalue weighted by Crippen LogP contribution is 2.01. The van der Waals surface area contributed by atoms with E-state index in [0.29, 0.717) is 10.1 Å². The number of carbonyl (C=O) groups is 1. The average molecular weight is 187 g/mol. The molecule has 76 valence electrons. The zero-order chi connectivity index (χ0) is 10.6. The maximum Gasteiger partial charge on any atom is 0.270 e. The molecule has 0 aromatic rings. The van der Waals surface area contributed by atoms with E-state index in [1.807, 2.05) is 28.1 Å². The Labute approximate surface area is 79.7 Å². The predicted octanol–water partition coefficient (Wildman–Crippen LogP) is 0.662. The molecular formula is C9H19N2O2+. The molecular weight excluding hydrogens is 168 g/mol. The molecule has 13 heavy (non-hydrogen) atoms. The largest absolute Gasteiger partial charge is 0.304 e. The van der Waals surface area contributed by atoms with E-state index in [9.17, 15) is 4.79 Å². The summed E-state index contributed by atoms with van der Waals surface area (Å²) in [5.41, 5.74) is 2.77. The number of hydrogen-bond acceptors (Lipinski definition) is 2. The van der Waals surface area contributed by atoms with Crippen LogP contribution < -0.4 is 5.48 Å². The number of hydrogen-bond donors (Lipinski definition) is 1. The van der Waals surface area contributed by atoms with E-state index in [4.69, 9.17) is 4.84 Å². The highest BCUT2D eigenvalue weighted by Gasteiger charge is 2.19. The Morgan fingerprint density at radius 2 is 1.92 bits per heavy atom. The van der Waals surface area contributed by atoms with Gasteiger partial charge in [0.15, 0.2) is 0 Å². The normalized spacial score (nSPS) is 13.6. The molecule has 0 aliphatic heterocycles. The van der Waals surface area contributed by atoms with Gasteiger partial charge in [-0.2, -0.15) is 0 Å². The third kappa shape index (κ3) is 4.65. The van der Waals surface area contributed by atoms with Crippen molar-refractivity contribution in [3.8, 4) is 0 Å². The number of hydroxylamine groups is 1. The molecule has 1 amide bonds. The van der Waals surface area contributed by atoms with Crippen molar-refractivity contribution in [2.24, 2.45) is 0 Å². The number of nitrogens with zero attached hydrogens (tertiary/aromatic N) is 1. The van der Waals surface area contributed by atoms with Gasteiger partial charge in [0.1, 0.15) is 0 Å². The van der Waals surface area contributed by atoms with Gasteiger partial charge in [0, 0.05) is 12.5 Å². The summed E-state index contributed by atoms with van der Waals surface area (Å²) in [6.45, 7) is 7.02. The number of quaternary nitrogens is 1. The van der Waals surface area contributed by atoms with Crippen molar-refractivity contribution in [1.29, 1.82) is 0 Å². The molecule has 0 bridgehead atoms. The van der Waals surface area contributed by atoms with Crippen LogP contribution in [0.15, 0.2) is 12.2 Å². The molecule has 0 saturated heterocycles. The molecule has 0 heterocycles. The van der Waals surface area contributed by atoms with Crippen LogP contribution >= 0.6 is 0 Å². The van der Waals surface area contributed by atoms with Gasteiger partial charge in [-0.15, -0.1) is 0 Å². The van der Waals surface area contributed by atoms with E-state index in [2.05, 4.69) is 12.1 Å². The van der Waals surface area contributed by atoms with Crippen molar-refractivity contribution in [3.05, 3.63) is 12.2 Å². The lowest BCUT2D eigenvalue weighted by atomic mass is 10.3. The van der Waals surface area contributed by atoms with Gasteiger partial charge in [0.25, 0.3) is 5.91 Å². The fraction of sp³-hybridized carbons (Fsp3) is 0.667. The molecule has 4 nitrogen and oxygen atoms in total. The number of nitrogens with one attached hydrogen (secondary N) is 1. The Morgan fingerprint density at radius 3 is 2.23 bits per heavy atom. The van der Waals surface area contributed by atoms with Gasteiger partial charge in [0.05, 0.1) is 21.1 Å². The molecule has 0 aromatic carbocycles. The smallest absolute Gasteiger partial charge is 0.270 e. The van der Waals surface area contributed by atoms with Crippen molar-refractivity contribution in [1.82, 2.24) is 5.48 Å². The summed E-state index contributed by atoms with van der Waals surface area (Å²) in [4.78, 5) is 16.2. The summed E-state index contributed by atoms with van der Waals surface area (Å²) in [5, 5.41) is 0. The second-order valence-corrected chi connectivity index (χ2v) is 4.04. The van der Waals surface area contributed by atoms with E-state index in [1.165, 1.54) is 0 Å². The van der Waals surface area contributed by atoms with Crippen LogP contribution in [0.5, 0.6) is 0 Å². The Balaban J connectivity index is 3.91. The standard InChI is InChI=1S/C9H18N2O2/c1-7(2)9(12)10-13-8(3)11(4,5)6/h8H,1H2,2-6H3/p+1. The summed E-state index contributed by atoms with van der Waals surface area (Å²) in [5.74, 6) is -0.278. The molecule has 0 spiro atoms. The molecule has 1 atom stereocenters. The molecule has 0 aromatic heterocycles. The van der Waals surface area contributed by atoms with Crippen LogP contribution in [0.2, 0.25) is 0 Å². The lowest BCUT2D eigenvalue weighted by Gasteiger charge is -2.30. The van der Waals surface area contributed by atoms with E-state index >= 15 is 0 Å². The predicted molar refractivity (Wildman–Crippen MR) is 51.5 cm³/mol.